The van der Waals surface area contributed by atoms with Crippen molar-refractivity contribution < 1.29 is 23.3 Å². The molecule has 0 fully saturated rings. The zero-order valence-corrected chi connectivity index (χ0v) is 15.8. The second-order valence-corrected chi connectivity index (χ2v) is 6.27. The summed E-state index contributed by atoms with van der Waals surface area (Å²) in [4.78, 5) is 35.7. The Hall–Kier alpha value is -4.40. The lowest BCUT2D eigenvalue weighted by Crippen LogP contribution is -2.26. The first-order valence-electron chi connectivity index (χ1n) is 8.93. The van der Waals surface area contributed by atoms with Gasteiger partial charge in [-0.25, -0.2) is 8.78 Å². The van der Waals surface area contributed by atoms with Crippen LogP contribution >= 0.6 is 0 Å². The van der Waals surface area contributed by atoms with Gasteiger partial charge in [-0.1, -0.05) is 24.3 Å². The van der Waals surface area contributed by atoms with Crippen LogP contribution in [0, 0.1) is 21.7 Å². The number of nitrogens with zero attached hydrogens (tertiary/aromatic N) is 1. The molecular weight excluding hydrogens is 408 g/mol. The molecule has 7 nitrogen and oxygen atoms in total. The topological polar surface area (TPSA) is 101 Å². The summed E-state index contributed by atoms with van der Waals surface area (Å²) < 4.78 is 27.8. The van der Waals surface area contributed by atoms with Crippen molar-refractivity contribution in [3.63, 3.8) is 0 Å². The van der Waals surface area contributed by atoms with E-state index in [0.29, 0.717) is 5.56 Å². The van der Waals surface area contributed by atoms with Gasteiger partial charge in [-0.15, -0.1) is 0 Å². The van der Waals surface area contributed by atoms with Gasteiger partial charge < -0.3 is 10.6 Å². The number of nitro groups is 1. The number of non-ortho nitro benzene ring substituents is 1. The summed E-state index contributed by atoms with van der Waals surface area (Å²) in [7, 11) is 0. The number of amides is 2. The quantitative estimate of drug-likeness (QED) is 0.200. The average molecular weight is 423 g/mol. The first-order valence-corrected chi connectivity index (χ1v) is 8.93. The van der Waals surface area contributed by atoms with Crippen LogP contribution < -0.4 is 10.6 Å². The Balaban J connectivity index is 1.95. The monoisotopic (exact) mass is 423 g/mol. The zero-order valence-electron chi connectivity index (χ0n) is 15.8. The third kappa shape index (κ3) is 5.36. The van der Waals surface area contributed by atoms with Gasteiger partial charge in [0, 0.05) is 12.1 Å². The summed E-state index contributed by atoms with van der Waals surface area (Å²) in [5.41, 5.74) is -0.639. The van der Waals surface area contributed by atoms with E-state index in [4.69, 9.17) is 0 Å². The Morgan fingerprint density at radius 1 is 0.774 bits per heavy atom. The molecule has 0 aliphatic rings. The number of benzene rings is 3. The van der Waals surface area contributed by atoms with E-state index in [0.717, 1.165) is 18.2 Å². The molecule has 0 aliphatic heterocycles. The van der Waals surface area contributed by atoms with Crippen molar-refractivity contribution in [1.29, 1.82) is 0 Å². The van der Waals surface area contributed by atoms with Gasteiger partial charge in [0.25, 0.3) is 17.5 Å². The fourth-order valence-electron chi connectivity index (χ4n) is 2.60. The van der Waals surface area contributed by atoms with Crippen LogP contribution in [0.5, 0.6) is 0 Å². The molecular formula is C22H15F2N3O4. The molecule has 0 spiro atoms. The molecule has 0 saturated carbocycles. The number of hydrogen-bond donors (Lipinski definition) is 2. The second kappa shape index (κ2) is 9.40. The molecule has 0 aliphatic carbocycles. The molecule has 2 amide bonds. The van der Waals surface area contributed by atoms with Crippen molar-refractivity contribution >= 4 is 35.0 Å². The van der Waals surface area contributed by atoms with E-state index in [9.17, 15) is 28.5 Å². The van der Waals surface area contributed by atoms with Gasteiger partial charge in [-0.2, -0.15) is 0 Å². The van der Waals surface area contributed by atoms with E-state index in [2.05, 4.69) is 10.6 Å². The molecule has 0 aromatic heterocycles. The second-order valence-electron chi connectivity index (χ2n) is 6.27. The van der Waals surface area contributed by atoms with E-state index in [1.165, 1.54) is 60.7 Å². The van der Waals surface area contributed by atoms with E-state index in [1.807, 2.05) is 0 Å². The predicted molar refractivity (Wildman–Crippen MR) is 111 cm³/mol. The Bertz CT molecular complexity index is 1120. The lowest BCUT2D eigenvalue weighted by Gasteiger charge is -2.11. The smallest absolute Gasteiger partial charge is 0.269 e. The predicted octanol–water partition coefficient (Wildman–Crippen LogP) is 4.53. The van der Waals surface area contributed by atoms with Gasteiger partial charge in [-0.05, 0) is 48.0 Å². The molecule has 0 radical (unpaired) electrons. The minimum absolute atomic E-state index is 0.152. The first kappa shape index (κ1) is 21.3. The summed E-state index contributed by atoms with van der Waals surface area (Å²) in [6.45, 7) is 0. The average Bonchev–Trinajstić information content (AvgIpc) is 2.75. The molecule has 3 rings (SSSR count). The Labute approximate surface area is 175 Å². The summed E-state index contributed by atoms with van der Waals surface area (Å²) >= 11 is 0. The SMILES string of the molecule is O=C(Nc1ccccc1F)C(=Cc1ccc([N+](=O)[O-])cc1)C(=O)Nc1ccccc1F. The Morgan fingerprint density at radius 3 is 1.65 bits per heavy atom. The first-order chi connectivity index (χ1) is 14.8. The number of para-hydroxylation sites is 2. The van der Waals surface area contributed by atoms with E-state index in [1.54, 1.807) is 0 Å². The van der Waals surface area contributed by atoms with Crippen LogP contribution in [0.1, 0.15) is 5.56 Å². The summed E-state index contributed by atoms with van der Waals surface area (Å²) in [6.07, 6.45) is 1.16. The Kier molecular flexibility index (Phi) is 6.46. The summed E-state index contributed by atoms with van der Waals surface area (Å²) in [6, 6.07) is 15.8. The molecule has 0 unspecified atom stereocenters. The summed E-state index contributed by atoms with van der Waals surface area (Å²) in [5, 5.41) is 15.4. The van der Waals surface area contributed by atoms with Gasteiger partial charge in [0.2, 0.25) is 0 Å². The lowest BCUT2D eigenvalue weighted by molar-refractivity contribution is -0.384. The Morgan fingerprint density at radius 2 is 1.23 bits per heavy atom. The fourth-order valence-corrected chi connectivity index (χ4v) is 2.60. The van der Waals surface area contributed by atoms with E-state index >= 15 is 0 Å². The number of carbonyl (C=O) groups excluding carboxylic acids is 2. The number of anilines is 2. The highest BCUT2D eigenvalue weighted by Crippen LogP contribution is 2.19. The number of hydrogen-bond acceptors (Lipinski definition) is 4. The minimum atomic E-state index is -0.947. The molecule has 0 saturated heterocycles. The normalized spacial score (nSPS) is 10.1. The van der Waals surface area contributed by atoms with Crippen molar-refractivity contribution in [2.24, 2.45) is 0 Å². The molecule has 156 valence electrons. The van der Waals surface area contributed by atoms with Crippen LogP contribution in [-0.4, -0.2) is 16.7 Å². The zero-order chi connectivity index (χ0) is 22.4. The highest BCUT2D eigenvalue weighted by Gasteiger charge is 2.21. The largest absolute Gasteiger partial charge is 0.319 e. The van der Waals surface area contributed by atoms with Crippen molar-refractivity contribution in [3.05, 3.63) is 106 Å². The number of halogens is 2. The molecule has 0 atom stereocenters. The summed E-state index contributed by atoms with van der Waals surface area (Å²) in [5.74, 6) is -3.31. The van der Waals surface area contributed by atoms with Crippen LogP contribution in [0.15, 0.2) is 78.4 Å². The van der Waals surface area contributed by atoms with E-state index < -0.39 is 33.9 Å². The maximum atomic E-state index is 13.9. The van der Waals surface area contributed by atoms with Crippen LogP contribution in [0.4, 0.5) is 25.8 Å². The molecule has 9 heteroatoms. The standard InChI is InChI=1S/C22H15F2N3O4/c23-17-5-1-3-7-19(17)25-21(28)16(13-14-9-11-15(12-10-14)27(30)31)22(29)26-20-8-4-2-6-18(20)24/h1-13H,(H,25,28)(H,26,29). The number of nitro benzene ring substituents is 1. The van der Waals surface area contributed by atoms with Crippen LogP contribution in [-0.2, 0) is 9.59 Å². The highest BCUT2D eigenvalue weighted by atomic mass is 19.1. The third-order valence-electron chi connectivity index (χ3n) is 4.15. The van der Waals surface area contributed by atoms with Gasteiger partial charge >= 0.3 is 0 Å². The molecule has 0 bridgehead atoms. The van der Waals surface area contributed by atoms with Crippen molar-refractivity contribution in [1.82, 2.24) is 0 Å². The lowest BCUT2D eigenvalue weighted by atomic mass is 10.1. The van der Waals surface area contributed by atoms with Crippen molar-refractivity contribution in [2.75, 3.05) is 10.6 Å². The van der Waals surface area contributed by atoms with Crippen LogP contribution in [0.2, 0.25) is 0 Å². The molecule has 2 N–H and O–H groups in total. The molecule has 3 aromatic rings. The van der Waals surface area contributed by atoms with Gasteiger partial charge in [-0.3, -0.25) is 19.7 Å². The number of nitrogens with one attached hydrogen (secondary N) is 2. The molecule has 0 heterocycles. The number of rotatable bonds is 6. The van der Waals surface area contributed by atoms with Gasteiger partial charge in [0.15, 0.2) is 0 Å². The van der Waals surface area contributed by atoms with Crippen LogP contribution in [0.3, 0.4) is 0 Å². The van der Waals surface area contributed by atoms with Gasteiger partial charge in [0.05, 0.1) is 16.3 Å². The molecule has 31 heavy (non-hydrogen) atoms. The highest BCUT2D eigenvalue weighted by molar-refractivity contribution is 6.28. The van der Waals surface area contributed by atoms with E-state index in [-0.39, 0.29) is 17.1 Å². The minimum Gasteiger partial charge on any atom is -0.319 e. The van der Waals surface area contributed by atoms with Crippen molar-refractivity contribution in [3.8, 4) is 0 Å². The van der Waals surface area contributed by atoms with Crippen LogP contribution in [0.25, 0.3) is 6.08 Å². The molecule has 3 aromatic carbocycles. The fraction of sp³-hybridized carbons (Fsp3) is 0. The number of carbonyl (C=O) groups is 2. The third-order valence-corrected chi connectivity index (χ3v) is 4.15. The van der Waals surface area contributed by atoms with Gasteiger partial charge in [0.1, 0.15) is 17.2 Å². The maximum Gasteiger partial charge on any atom is 0.269 e. The van der Waals surface area contributed by atoms with Crippen molar-refractivity contribution in [2.45, 2.75) is 0 Å². The maximum absolute atomic E-state index is 13.9.